The number of hydrogen-bond acceptors (Lipinski definition) is 8. The zero-order chi connectivity index (χ0) is 21.1. The predicted molar refractivity (Wildman–Crippen MR) is 107 cm³/mol. The number of thioether (sulfide) groups is 1. The molecule has 0 fully saturated rings. The minimum atomic E-state index is -0.325. The summed E-state index contributed by atoms with van der Waals surface area (Å²) < 4.78 is 20.6. The van der Waals surface area contributed by atoms with Gasteiger partial charge in [0.25, 0.3) is 0 Å². The first kappa shape index (κ1) is 19.7. The standard InChI is InChI=1S/C19H16FN7O2S/c1-11-6-7-13(8-16(11)20)18-22-17(29-24-18)10-30-19-23-25-26-27(19)15-5-3-4-14(9-15)21-12(2)28/h3-9H,10H2,1-2H3,(H,21,28). The smallest absolute Gasteiger partial charge is 0.237 e. The summed E-state index contributed by atoms with van der Waals surface area (Å²) in [5.74, 6) is 0.505. The molecule has 9 nitrogen and oxygen atoms in total. The number of anilines is 1. The average molecular weight is 425 g/mol. The van der Waals surface area contributed by atoms with Gasteiger partial charge in [-0.25, -0.2) is 4.39 Å². The van der Waals surface area contributed by atoms with Gasteiger partial charge in [-0.15, -0.1) is 5.10 Å². The molecule has 11 heteroatoms. The fraction of sp³-hybridized carbons (Fsp3) is 0.158. The summed E-state index contributed by atoms with van der Waals surface area (Å²) in [6.07, 6.45) is 0. The van der Waals surface area contributed by atoms with Crippen LogP contribution in [-0.4, -0.2) is 36.3 Å². The van der Waals surface area contributed by atoms with Crippen molar-refractivity contribution < 1.29 is 13.7 Å². The molecule has 152 valence electrons. The Balaban J connectivity index is 1.48. The first-order chi connectivity index (χ1) is 14.5. The number of nitrogens with zero attached hydrogens (tertiary/aromatic N) is 6. The summed E-state index contributed by atoms with van der Waals surface area (Å²) in [6.45, 7) is 3.13. The quantitative estimate of drug-likeness (QED) is 0.468. The molecule has 1 amide bonds. The summed E-state index contributed by atoms with van der Waals surface area (Å²) in [5, 5.41) is 18.9. The first-order valence-corrected chi connectivity index (χ1v) is 9.86. The molecule has 0 radical (unpaired) electrons. The highest BCUT2D eigenvalue weighted by Crippen LogP contribution is 2.25. The van der Waals surface area contributed by atoms with Crippen molar-refractivity contribution in [3.8, 4) is 17.1 Å². The fourth-order valence-corrected chi connectivity index (χ4v) is 3.37. The van der Waals surface area contributed by atoms with Crippen molar-refractivity contribution in [2.45, 2.75) is 24.8 Å². The van der Waals surface area contributed by atoms with Gasteiger partial charge in [-0.3, -0.25) is 4.79 Å². The summed E-state index contributed by atoms with van der Waals surface area (Å²) >= 11 is 1.30. The molecule has 0 aliphatic carbocycles. The molecule has 0 aliphatic rings. The van der Waals surface area contributed by atoms with Crippen LogP contribution in [0.25, 0.3) is 17.1 Å². The number of aromatic nitrogens is 6. The number of rotatable bonds is 6. The van der Waals surface area contributed by atoms with Crippen LogP contribution in [0.5, 0.6) is 0 Å². The van der Waals surface area contributed by atoms with Crippen LogP contribution in [0, 0.1) is 12.7 Å². The molecular formula is C19H16FN7O2S. The van der Waals surface area contributed by atoms with Gasteiger partial charge in [-0.2, -0.15) is 9.67 Å². The maximum atomic E-state index is 13.8. The number of amides is 1. The van der Waals surface area contributed by atoms with Crippen LogP contribution < -0.4 is 5.32 Å². The lowest BCUT2D eigenvalue weighted by Gasteiger charge is -2.06. The summed E-state index contributed by atoms with van der Waals surface area (Å²) in [6, 6.07) is 11.9. The lowest BCUT2D eigenvalue weighted by molar-refractivity contribution is -0.114. The van der Waals surface area contributed by atoms with E-state index >= 15 is 0 Å². The van der Waals surface area contributed by atoms with Crippen molar-refractivity contribution >= 4 is 23.4 Å². The molecule has 2 aromatic carbocycles. The molecule has 0 saturated carbocycles. The van der Waals surface area contributed by atoms with Crippen molar-refractivity contribution in [2.24, 2.45) is 0 Å². The van der Waals surface area contributed by atoms with Gasteiger partial charge in [-0.1, -0.05) is 35.1 Å². The molecule has 1 N–H and O–H groups in total. The molecule has 0 unspecified atom stereocenters. The Labute approximate surface area is 174 Å². The number of benzene rings is 2. The van der Waals surface area contributed by atoms with E-state index in [0.29, 0.717) is 45.1 Å². The topological polar surface area (TPSA) is 112 Å². The van der Waals surface area contributed by atoms with Gasteiger partial charge in [0.2, 0.25) is 22.8 Å². The fourth-order valence-electron chi connectivity index (χ4n) is 2.64. The minimum absolute atomic E-state index is 0.167. The normalized spacial score (nSPS) is 10.9. The van der Waals surface area contributed by atoms with Crippen molar-refractivity contribution in [3.63, 3.8) is 0 Å². The van der Waals surface area contributed by atoms with Crippen LogP contribution in [-0.2, 0) is 10.5 Å². The molecule has 2 aromatic heterocycles. The second-order valence-corrected chi connectivity index (χ2v) is 7.31. The van der Waals surface area contributed by atoms with Crippen molar-refractivity contribution in [1.82, 2.24) is 30.3 Å². The number of nitrogens with one attached hydrogen (secondary N) is 1. The van der Waals surface area contributed by atoms with E-state index in [0.717, 1.165) is 0 Å². The number of carbonyl (C=O) groups excluding carboxylic acids is 1. The predicted octanol–water partition coefficient (Wildman–Crippen LogP) is 3.41. The Kier molecular flexibility index (Phi) is 5.53. The molecule has 0 atom stereocenters. The second kappa shape index (κ2) is 8.41. The SMILES string of the molecule is CC(=O)Nc1cccc(-n2nnnc2SCc2nc(-c3ccc(C)c(F)c3)no2)c1. The van der Waals surface area contributed by atoms with Crippen molar-refractivity contribution in [1.29, 1.82) is 0 Å². The monoisotopic (exact) mass is 425 g/mol. The molecule has 0 saturated heterocycles. The third kappa shape index (κ3) is 4.35. The third-order valence-electron chi connectivity index (χ3n) is 4.07. The molecule has 0 aliphatic heterocycles. The average Bonchev–Trinajstić information content (AvgIpc) is 3.37. The summed E-state index contributed by atoms with van der Waals surface area (Å²) in [5.41, 5.74) is 2.42. The molecular weight excluding hydrogens is 409 g/mol. The van der Waals surface area contributed by atoms with Crippen molar-refractivity contribution in [3.05, 3.63) is 59.7 Å². The minimum Gasteiger partial charge on any atom is -0.338 e. The third-order valence-corrected chi connectivity index (χ3v) is 4.98. The Morgan fingerprint density at radius 1 is 1.27 bits per heavy atom. The van der Waals surface area contributed by atoms with Gasteiger partial charge in [0.15, 0.2) is 0 Å². The highest BCUT2D eigenvalue weighted by molar-refractivity contribution is 7.98. The van der Waals surface area contributed by atoms with E-state index in [1.54, 1.807) is 41.9 Å². The maximum absolute atomic E-state index is 13.8. The Morgan fingerprint density at radius 3 is 2.93 bits per heavy atom. The van der Waals surface area contributed by atoms with Gasteiger partial charge in [-0.05, 0) is 47.2 Å². The summed E-state index contributed by atoms with van der Waals surface area (Å²) in [4.78, 5) is 15.6. The van der Waals surface area contributed by atoms with E-state index in [9.17, 15) is 9.18 Å². The van der Waals surface area contributed by atoms with Crippen LogP contribution in [0.1, 0.15) is 18.4 Å². The molecule has 30 heavy (non-hydrogen) atoms. The van der Waals surface area contributed by atoms with E-state index in [2.05, 4.69) is 31.0 Å². The lowest BCUT2D eigenvalue weighted by Crippen LogP contribution is -2.07. The van der Waals surface area contributed by atoms with Crippen LogP contribution in [0.4, 0.5) is 10.1 Å². The molecule has 2 heterocycles. The Hall–Kier alpha value is -3.60. The van der Waals surface area contributed by atoms with Gasteiger partial charge >= 0.3 is 0 Å². The van der Waals surface area contributed by atoms with E-state index in [4.69, 9.17) is 4.52 Å². The lowest BCUT2D eigenvalue weighted by atomic mass is 10.1. The molecule has 4 rings (SSSR count). The number of carbonyl (C=O) groups is 1. The van der Waals surface area contributed by atoms with Crippen molar-refractivity contribution in [2.75, 3.05) is 5.32 Å². The second-order valence-electron chi connectivity index (χ2n) is 6.37. The van der Waals surface area contributed by atoms with Crippen LogP contribution >= 0.6 is 11.8 Å². The van der Waals surface area contributed by atoms with E-state index in [-0.39, 0.29) is 11.7 Å². The zero-order valence-electron chi connectivity index (χ0n) is 16.0. The Morgan fingerprint density at radius 2 is 2.13 bits per heavy atom. The number of hydrogen-bond donors (Lipinski definition) is 1. The largest absolute Gasteiger partial charge is 0.338 e. The van der Waals surface area contributed by atoms with E-state index in [1.165, 1.54) is 24.8 Å². The van der Waals surface area contributed by atoms with Gasteiger partial charge < -0.3 is 9.84 Å². The van der Waals surface area contributed by atoms with Gasteiger partial charge in [0.1, 0.15) is 5.82 Å². The summed E-state index contributed by atoms with van der Waals surface area (Å²) in [7, 11) is 0. The van der Waals surface area contributed by atoms with E-state index < -0.39 is 0 Å². The number of tetrazole rings is 1. The molecule has 0 bridgehead atoms. The van der Waals surface area contributed by atoms with Crippen LogP contribution in [0.2, 0.25) is 0 Å². The highest BCUT2D eigenvalue weighted by atomic mass is 32.2. The van der Waals surface area contributed by atoms with Crippen LogP contribution in [0.15, 0.2) is 52.1 Å². The molecule has 0 spiro atoms. The van der Waals surface area contributed by atoms with E-state index in [1.807, 2.05) is 6.07 Å². The van der Waals surface area contributed by atoms with Gasteiger partial charge in [0.05, 0.1) is 11.4 Å². The van der Waals surface area contributed by atoms with Gasteiger partial charge in [0, 0.05) is 18.2 Å². The molecule has 4 aromatic rings. The highest BCUT2D eigenvalue weighted by Gasteiger charge is 2.14. The van der Waals surface area contributed by atoms with Crippen LogP contribution in [0.3, 0.4) is 0 Å². The number of halogens is 1. The number of aryl methyl sites for hydroxylation is 1. The first-order valence-electron chi connectivity index (χ1n) is 8.88. The maximum Gasteiger partial charge on any atom is 0.237 e. The zero-order valence-corrected chi connectivity index (χ0v) is 16.9. The Bertz CT molecular complexity index is 1210.